The van der Waals surface area contributed by atoms with Gasteiger partial charge in [-0.1, -0.05) is 24.3 Å². The standard InChI is InChI=1S/C18H15N7O/c19-17-16(18-20-11-6-2-3-7-12(11)21-18)23-22-15-9-13(24-25(15)17)10-5-1-4-8-14(10)26/h1-9,16-17,26H,19H2,(H,20,21). The summed E-state index contributed by atoms with van der Waals surface area (Å²) in [5, 5.41) is 23.2. The van der Waals surface area contributed by atoms with E-state index in [4.69, 9.17) is 5.73 Å². The van der Waals surface area contributed by atoms with Crippen molar-refractivity contribution in [3.8, 4) is 17.0 Å². The zero-order valence-electron chi connectivity index (χ0n) is 13.6. The number of hydrogen-bond acceptors (Lipinski definition) is 6. The van der Waals surface area contributed by atoms with Crippen molar-refractivity contribution in [3.63, 3.8) is 0 Å². The molecule has 2 atom stereocenters. The molecule has 128 valence electrons. The molecule has 0 bridgehead atoms. The van der Waals surface area contributed by atoms with E-state index in [1.54, 1.807) is 28.9 Å². The molecule has 0 saturated heterocycles. The fraction of sp³-hybridized carbons (Fsp3) is 0.111. The number of phenolic OH excluding ortho intramolecular Hbond substituents is 1. The average molecular weight is 345 g/mol. The number of H-pyrrole nitrogens is 1. The van der Waals surface area contributed by atoms with Gasteiger partial charge in [-0.25, -0.2) is 9.67 Å². The highest BCUT2D eigenvalue weighted by Gasteiger charge is 2.31. The van der Waals surface area contributed by atoms with Crippen molar-refractivity contribution in [2.45, 2.75) is 12.2 Å². The van der Waals surface area contributed by atoms with Crippen LogP contribution in [0.15, 0.2) is 64.8 Å². The normalized spacial score (nSPS) is 19.0. The smallest absolute Gasteiger partial charge is 0.174 e. The fourth-order valence-corrected chi connectivity index (χ4v) is 3.15. The first kappa shape index (κ1) is 14.8. The van der Waals surface area contributed by atoms with Crippen LogP contribution < -0.4 is 5.73 Å². The Kier molecular flexibility index (Phi) is 3.13. The topological polar surface area (TPSA) is 117 Å². The lowest BCUT2D eigenvalue weighted by atomic mass is 10.1. The van der Waals surface area contributed by atoms with Crippen molar-refractivity contribution in [2.24, 2.45) is 16.0 Å². The van der Waals surface area contributed by atoms with E-state index >= 15 is 0 Å². The van der Waals surface area contributed by atoms with Crippen molar-refractivity contribution in [3.05, 3.63) is 60.4 Å². The largest absolute Gasteiger partial charge is 0.507 e. The van der Waals surface area contributed by atoms with Gasteiger partial charge in [0, 0.05) is 11.6 Å². The predicted molar refractivity (Wildman–Crippen MR) is 95.9 cm³/mol. The number of benzene rings is 2. The Balaban J connectivity index is 1.54. The summed E-state index contributed by atoms with van der Waals surface area (Å²) in [6, 6.07) is 16.1. The highest BCUT2D eigenvalue weighted by molar-refractivity contribution is 5.75. The van der Waals surface area contributed by atoms with E-state index in [9.17, 15) is 5.11 Å². The Morgan fingerprint density at radius 1 is 1.08 bits per heavy atom. The molecule has 1 aliphatic rings. The maximum Gasteiger partial charge on any atom is 0.174 e. The summed E-state index contributed by atoms with van der Waals surface area (Å²) < 4.78 is 1.62. The van der Waals surface area contributed by atoms with Gasteiger partial charge in [0.1, 0.15) is 17.7 Å². The Labute approximate surface area is 148 Å². The number of nitrogens with two attached hydrogens (primary N) is 1. The van der Waals surface area contributed by atoms with Crippen molar-refractivity contribution in [2.75, 3.05) is 0 Å². The van der Waals surface area contributed by atoms with E-state index in [0.717, 1.165) is 11.0 Å². The zero-order chi connectivity index (χ0) is 17.7. The SMILES string of the molecule is NC1C(c2nc3ccccc3[nH]2)N=Nc2cc(-c3ccccc3O)nn21. The molecule has 0 amide bonds. The van der Waals surface area contributed by atoms with Crippen molar-refractivity contribution in [1.29, 1.82) is 0 Å². The first-order chi connectivity index (χ1) is 12.7. The van der Waals surface area contributed by atoms with Gasteiger partial charge in [-0.05, 0) is 24.3 Å². The van der Waals surface area contributed by atoms with Crippen LogP contribution in [0.3, 0.4) is 0 Å². The van der Waals surface area contributed by atoms with E-state index in [1.807, 2.05) is 30.3 Å². The number of fused-ring (bicyclic) bond motifs is 2. The van der Waals surface area contributed by atoms with Gasteiger partial charge in [-0.15, -0.1) is 5.11 Å². The van der Waals surface area contributed by atoms with Gasteiger partial charge in [-0.2, -0.15) is 10.2 Å². The molecule has 0 spiro atoms. The number of azo groups is 1. The third kappa shape index (κ3) is 2.20. The molecule has 4 aromatic rings. The maximum atomic E-state index is 10.1. The number of aromatic nitrogens is 4. The summed E-state index contributed by atoms with van der Waals surface area (Å²) in [5.74, 6) is 1.35. The highest BCUT2D eigenvalue weighted by Crippen LogP contribution is 2.38. The van der Waals surface area contributed by atoms with Crippen LogP contribution in [0.2, 0.25) is 0 Å². The number of imidazole rings is 1. The van der Waals surface area contributed by atoms with Crippen molar-refractivity contribution in [1.82, 2.24) is 19.7 Å². The molecule has 0 radical (unpaired) electrons. The molecule has 0 aliphatic carbocycles. The fourth-order valence-electron chi connectivity index (χ4n) is 3.15. The van der Waals surface area contributed by atoms with E-state index in [0.29, 0.717) is 22.9 Å². The molecule has 0 saturated carbocycles. The molecule has 8 nitrogen and oxygen atoms in total. The van der Waals surface area contributed by atoms with Crippen LogP contribution in [0.25, 0.3) is 22.3 Å². The number of nitrogens with zero attached hydrogens (tertiary/aromatic N) is 5. The molecule has 2 aromatic carbocycles. The molecule has 0 fully saturated rings. The van der Waals surface area contributed by atoms with Gasteiger partial charge in [0.05, 0.1) is 16.7 Å². The van der Waals surface area contributed by atoms with Gasteiger partial charge in [-0.3, -0.25) is 0 Å². The number of hydrogen-bond donors (Lipinski definition) is 3. The minimum absolute atomic E-state index is 0.155. The molecular formula is C18H15N7O. The van der Waals surface area contributed by atoms with Gasteiger partial charge in [0.15, 0.2) is 11.9 Å². The van der Waals surface area contributed by atoms with Crippen molar-refractivity contribution >= 4 is 16.9 Å². The highest BCUT2D eigenvalue weighted by atomic mass is 16.3. The Morgan fingerprint density at radius 2 is 1.88 bits per heavy atom. The van der Waals surface area contributed by atoms with E-state index < -0.39 is 12.2 Å². The Bertz CT molecular complexity index is 1110. The minimum atomic E-state index is -0.553. The van der Waals surface area contributed by atoms with Gasteiger partial charge in [0.25, 0.3) is 0 Å². The van der Waals surface area contributed by atoms with Crippen LogP contribution in [0.5, 0.6) is 5.75 Å². The number of aromatic hydroxyl groups is 1. The summed E-state index contributed by atoms with van der Waals surface area (Å²) in [5.41, 5.74) is 9.39. The molecule has 26 heavy (non-hydrogen) atoms. The molecule has 3 heterocycles. The van der Waals surface area contributed by atoms with E-state index in [-0.39, 0.29) is 5.75 Å². The molecule has 1 aliphatic heterocycles. The maximum absolute atomic E-state index is 10.1. The molecule has 8 heteroatoms. The Morgan fingerprint density at radius 3 is 2.73 bits per heavy atom. The van der Waals surface area contributed by atoms with Gasteiger partial charge < -0.3 is 15.8 Å². The van der Waals surface area contributed by atoms with Crippen LogP contribution in [-0.4, -0.2) is 24.9 Å². The van der Waals surface area contributed by atoms with Crippen LogP contribution in [-0.2, 0) is 0 Å². The molecular weight excluding hydrogens is 330 g/mol. The summed E-state index contributed by atoms with van der Waals surface area (Å²) in [6.45, 7) is 0. The first-order valence-corrected chi connectivity index (χ1v) is 8.20. The molecule has 5 rings (SSSR count). The van der Waals surface area contributed by atoms with Crippen LogP contribution in [0, 0.1) is 0 Å². The molecule has 2 unspecified atom stereocenters. The first-order valence-electron chi connectivity index (χ1n) is 8.20. The Hall–Kier alpha value is -3.52. The molecule has 4 N–H and O–H groups in total. The third-order valence-electron chi connectivity index (χ3n) is 4.47. The zero-order valence-corrected chi connectivity index (χ0v) is 13.6. The third-order valence-corrected chi connectivity index (χ3v) is 4.47. The quantitative estimate of drug-likeness (QED) is 0.516. The number of aromatic amines is 1. The van der Waals surface area contributed by atoms with Crippen LogP contribution >= 0.6 is 0 Å². The lowest BCUT2D eigenvalue weighted by Gasteiger charge is -2.22. The summed E-state index contributed by atoms with van der Waals surface area (Å²) in [4.78, 5) is 7.82. The minimum Gasteiger partial charge on any atom is -0.507 e. The second kappa shape index (κ2) is 5.50. The lowest BCUT2D eigenvalue weighted by Crippen LogP contribution is -2.28. The predicted octanol–water partition coefficient (Wildman–Crippen LogP) is 3.43. The molecule has 2 aromatic heterocycles. The monoisotopic (exact) mass is 345 g/mol. The summed E-state index contributed by atoms with van der Waals surface area (Å²) >= 11 is 0. The second-order valence-corrected chi connectivity index (χ2v) is 6.14. The van der Waals surface area contributed by atoms with E-state index in [2.05, 4.69) is 25.3 Å². The number of para-hydroxylation sites is 3. The average Bonchev–Trinajstić information content (AvgIpc) is 3.26. The summed E-state index contributed by atoms with van der Waals surface area (Å²) in [6.07, 6.45) is -0.553. The van der Waals surface area contributed by atoms with Crippen LogP contribution in [0.4, 0.5) is 5.82 Å². The summed E-state index contributed by atoms with van der Waals surface area (Å²) in [7, 11) is 0. The second-order valence-electron chi connectivity index (χ2n) is 6.14. The van der Waals surface area contributed by atoms with Gasteiger partial charge >= 0.3 is 0 Å². The van der Waals surface area contributed by atoms with Crippen LogP contribution in [0.1, 0.15) is 18.0 Å². The number of phenols is 1. The van der Waals surface area contributed by atoms with Gasteiger partial charge in [0.2, 0.25) is 0 Å². The van der Waals surface area contributed by atoms with Crippen molar-refractivity contribution < 1.29 is 5.11 Å². The lowest BCUT2D eigenvalue weighted by molar-refractivity contribution is 0.361. The number of rotatable bonds is 2. The van der Waals surface area contributed by atoms with E-state index in [1.165, 1.54) is 0 Å². The number of nitrogens with one attached hydrogen (secondary N) is 1.